The third-order valence-corrected chi connectivity index (χ3v) is 18.8. The molecule has 19 rings (SSSR count). The highest BCUT2D eigenvalue weighted by Crippen LogP contribution is 2.57. The SMILES string of the molecule is c1ccc(-c2cc3c(cc2-c2ccccc2)N(c2c(-c4ccccc4)ccc4c2oc2ccccc24)c2cc4c(oc5ccccc54)c4c2B3c2cc(-c3ccccc3)c(-c3ccccc3)cc2N4c2c(-c3ccccc3)ccc3c2oc2ccccc23)cc1. The van der Waals surface area contributed by atoms with Gasteiger partial charge in [-0.3, -0.25) is 0 Å². The number of fused-ring (bicyclic) bond motifs is 14. The third kappa shape index (κ3) is 7.52. The highest BCUT2D eigenvalue weighted by Gasteiger charge is 2.48. The molecule has 2 aliphatic rings. The van der Waals surface area contributed by atoms with Crippen molar-refractivity contribution in [3.05, 3.63) is 309 Å². The van der Waals surface area contributed by atoms with E-state index in [4.69, 9.17) is 13.3 Å². The summed E-state index contributed by atoms with van der Waals surface area (Å²) in [6, 6.07) is 112. The molecule has 0 bridgehead atoms. The Morgan fingerprint density at radius 1 is 0.222 bits per heavy atom. The number of rotatable bonds is 8. The van der Waals surface area contributed by atoms with Crippen LogP contribution in [0.5, 0.6) is 0 Å². The van der Waals surface area contributed by atoms with Crippen LogP contribution in [0.3, 0.4) is 0 Å². The summed E-state index contributed by atoms with van der Waals surface area (Å²) >= 11 is 0. The lowest BCUT2D eigenvalue weighted by atomic mass is 9.33. The summed E-state index contributed by atoms with van der Waals surface area (Å²) in [5, 5.41) is 6.17. The van der Waals surface area contributed by atoms with Crippen LogP contribution in [0, 0.1) is 0 Å². The van der Waals surface area contributed by atoms with Gasteiger partial charge in [0.15, 0.2) is 16.7 Å². The van der Waals surface area contributed by atoms with Crippen molar-refractivity contribution in [3.63, 3.8) is 0 Å². The van der Waals surface area contributed by atoms with Gasteiger partial charge in [0.25, 0.3) is 6.71 Å². The average Bonchev–Trinajstić information content (AvgIpc) is 0.774. The van der Waals surface area contributed by atoms with Gasteiger partial charge in [0.2, 0.25) is 0 Å². The molecule has 0 amide bonds. The van der Waals surface area contributed by atoms with Crippen molar-refractivity contribution in [2.75, 3.05) is 9.80 Å². The van der Waals surface area contributed by atoms with Gasteiger partial charge in [-0.05, 0) is 121 Å². The monoisotopic (exact) mass is 1150 g/mol. The maximum atomic E-state index is 7.61. The number of nitrogens with zero attached hydrogens (tertiary/aromatic N) is 2. The first kappa shape index (κ1) is 50.3. The first-order valence-corrected chi connectivity index (χ1v) is 30.8. The van der Waals surface area contributed by atoms with Crippen LogP contribution >= 0.6 is 0 Å². The number of hydrogen-bond donors (Lipinski definition) is 0. The Labute approximate surface area is 519 Å². The van der Waals surface area contributed by atoms with E-state index in [1.807, 2.05) is 0 Å². The van der Waals surface area contributed by atoms with Gasteiger partial charge in [-0.1, -0.05) is 261 Å². The normalized spacial score (nSPS) is 12.6. The summed E-state index contributed by atoms with van der Waals surface area (Å²) in [5.41, 5.74) is 27.2. The lowest BCUT2D eigenvalue weighted by Crippen LogP contribution is -2.61. The van der Waals surface area contributed by atoms with Crippen molar-refractivity contribution in [3.8, 4) is 66.8 Å². The van der Waals surface area contributed by atoms with Crippen molar-refractivity contribution in [2.45, 2.75) is 0 Å². The highest BCUT2D eigenvalue weighted by atomic mass is 16.3. The van der Waals surface area contributed by atoms with E-state index in [-0.39, 0.29) is 6.71 Å². The summed E-state index contributed by atoms with van der Waals surface area (Å²) in [6.45, 7) is -0.380. The Hall–Kier alpha value is -11.9. The molecule has 0 spiro atoms. The second-order valence-electron chi connectivity index (χ2n) is 23.7. The standard InChI is InChI=1S/C84H51BN2O3/c1-7-25-52(26-8-1)58-43-45-63-60-37-19-22-40-75(60)88-82(63)79(58)86-72-49-67(56-33-15-5-16-34-56)65(54-29-11-3-12-30-54)47-70(72)85-71-48-66(55-31-13-4-14-32-55)68(57-35-17-6-18-36-57)50-73(71)87(81-78(85)74(86)51-69-62-39-21-24-42-77(62)90-84(69)81)80-59(53-27-9-2-10-28-53)44-46-64-61-38-20-23-41-76(61)89-83(64)80/h1-51H. The number of benzene rings is 14. The molecular formula is C84H51BN2O3. The molecule has 17 aromatic rings. The van der Waals surface area contributed by atoms with Gasteiger partial charge < -0.3 is 23.1 Å². The molecule has 6 heteroatoms. The quantitative estimate of drug-likeness (QED) is 0.142. The molecule has 0 radical (unpaired) electrons. The van der Waals surface area contributed by atoms with E-state index in [1.54, 1.807) is 0 Å². The van der Waals surface area contributed by atoms with Gasteiger partial charge in [0.1, 0.15) is 16.7 Å². The summed E-state index contributed by atoms with van der Waals surface area (Å²) in [7, 11) is 0. The second-order valence-corrected chi connectivity index (χ2v) is 23.7. The van der Waals surface area contributed by atoms with Crippen molar-refractivity contribution in [2.24, 2.45) is 0 Å². The fourth-order valence-corrected chi connectivity index (χ4v) is 14.9. The zero-order valence-corrected chi connectivity index (χ0v) is 48.6. The number of furan rings is 3. The predicted octanol–water partition coefficient (Wildman–Crippen LogP) is 21.5. The smallest absolute Gasteiger partial charge is 0.252 e. The molecule has 90 heavy (non-hydrogen) atoms. The molecule has 0 saturated carbocycles. The number of hydrogen-bond acceptors (Lipinski definition) is 5. The van der Waals surface area contributed by atoms with Crippen LogP contribution in [0.1, 0.15) is 0 Å². The van der Waals surface area contributed by atoms with E-state index in [0.29, 0.717) is 0 Å². The lowest BCUT2D eigenvalue weighted by Gasteiger charge is -2.45. The highest BCUT2D eigenvalue weighted by molar-refractivity contribution is 7.00. The average molecular weight is 1150 g/mol. The molecule has 0 atom stereocenters. The fraction of sp³-hybridized carbons (Fsp3) is 0. The van der Waals surface area contributed by atoms with Crippen molar-refractivity contribution in [1.82, 2.24) is 0 Å². The van der Waals surface area contributed by atoms with Crippen LogP contribution < -0.4 is 26.2 Å². The minimum atomic E-state index is -0.380. The summed E-state index contributed by atoms with van der Waals surface area (Å²) in [6.07, 6.45) is 0. The Morgan fingerprint density at radius 2 is 0.533 bits per heavy atom. The molecule has 14 aromatic carbocycles. The summed E-state index contributed by atoms with van der Waals surface area (Å²) in [4.78, 5) is 5.11. The van der Waals surface area contributed by atoms with Gasteiger partial charge in [0, 0.05) is 60.5 Å². The first-order chi connectivity index (χ1) is 44.7. The minimum Gasteiger partial charge on any atom is -0.454 e. The van der Waals surface area contributed by atoms with Gasteiger partial charge in [-0.25, -0.2) is 0 Å². The molecule has 5 nitrogen and oxygen atoms in total. The predicted molar refractivity (Wildman–Crippen MR) is 375 cm³/mol. The minimum absolute atomic E-state index is 0.380. The van der Waals surface area contributed by atoms with E-state index in [0.717, 1.165) is 183 Å². The molecule has 2 aliphatic heterocycles. The van der Waals surface area contributed by atoms with E-state index in [1.165, 1.54) is 0 Å². The van der Waals surface area contributed by atoms with Crippen molar-refractivity contribution < 1.29 is 13.3 Å². The number of para-hydroxylation sites is 3. The molecule has 0 unspecified atom stereocenters. The number of anilines is 6. The van der Waals surface area contributed by atoms with Crippen LogP contribution in [-0.4, -0.2) is 6.71 Å². The van der Waals surface area contributed by atoms with Crippen molar-refractivity contribution >= 4 is 123 Å². The zero-order valence-electron chi connectivity index (χ0n) is 48.6. The van der Waals surface area contributed by atoms with Gasteiger partial charge in [-0.2, -0.15) is 0 Å². The zero-order chi connectivity index (χ0) is 59.0. The maximum Gasteiger partial charge on any atom is 0.252 e. The molecule has 418 valence electrons. The largest absolute Gasteiger partial charge is 0.454 e. The van der Waals surface area contributed by atoms with E-state index in [9.17, 15) is 0 Å². The van der Waals surface area contributed by atoms with Gasteiger partial charge in [0.05, 0.1) is 17.1 Å². The molecule has 5 heterocycles. The Bertz CT molecular complexity index is 5670. The van der Waals surface area contributed by atoms with Crippen LogP contribution in [0.15, 0.2) is 323 Å². The molecular weight excluding hydrogens is 1100 g/mol. The van der Waals surface area contributed by atoms with E-state index < -0.39 is 0 Å². The Kier molecular flexibility index (Phi) is 11.1. The summed E-state index contributed by atoms with van der Waals surface area (Å²) < 4.78 is 22.4. The molecule has 0 N–H and O–H groups in total. The molecule has 0 fully saturated rings. The second kappa shape index (κ2) is 19.8. The van der Waals surface area contributed by atoms with Crippen molar-refractivity contribution in [1.29, 1.82) is 0 Å². The van der Waals surface area contributed by atoms with Gasteiger partial charge >= 0.3 is 0 Å². The Morgan fingerprint density at radius 3 is 0.933 bits per heavy atom. The van der Waals surface area contributed by atoms with Crippen LogP contribution in [0.25, 0.3) is 133 Å². The molecule has 3 aromatic heterocycles. The van der Waals surface area contributed by atoms with Crippen LogP contribution in [0.2, 0.25) is 0 Å². The first-order valence-electron chi connectivity index (χ1n) is 30.8. The van der Waals surface area contributed by atoms with Crippen LogP contribution in [0.4, 0.5) is 34.1 Å². The summed E-state index contributed by atoms with van der Waals surface area (Å²) in [5.74, 6) is 0. The third-order valence-electron chi connectivity index (χ3n) is 18.8. The Balaban J connectivity index is 1.06. The van der Waals surface area contributed by atoms with Crippen LogP contribution in [-0.2, 0) is 0 Å². The lowest BCUT2D eigenvalue weighted by molar-refractivity contribution is 0.666. The fourth-order valence-electron chi connectivity index (χ4n) is 14.9. The van der Waals surface area contributed by atoms with E-state index in [2.05, 4.69) is 319 Å². The maximum absolute atomic E-state index is 7.61. The van der Waals surface area contributed by atoms with Gasteiger partial charge in [-0.15, -0.1) is 0 Å². The van der Waals surface area contributed by atoms with E-state index >= 15 is 0 Å². The topological polar surface area (TPSA) is 45.9 Å². The molecule has 0 aliphatic carbocycles. The molecule has 0 saturated heterocycles.